The van der Waals surface area contributed by atoms with Gasteiger partial charge in [0.15, 0.2) is 0 Å². The van der Waals surface area contributed by atoms with E-state index in [4.69, 9.17) is 0 Å². The minimum Gasteiger partial charge on any atom is -0.353 e. The lowest BCUT2D eigenvalue weighted by molar-refractivity contribution is -0.135. The normalized spacial score (nSPS) is 24.0. The first kappa shape index (κ1) is 20.3. The lowest BCUT2D eigenvalue weighted by Gasteiger charge is -2.36. The van der Waals surface area contributed by atoms with Crippen molar-refractivity contribution in [2.24, 2.45) is 0 Å². The quantitative estimate of drug-likeness (QED) is 0.723. The molecule has 1 aromatic carbocycles. The Morgan fingerprint density at radius 2 is 1.82 bits per heavy atom. The number of hydrogen-bond acceptors (Lipinski definition) is 4. The van der Waals surface area contributed by atoms with E-state index < -0.39 is 23.3 Å². The van der Waals surface area contributed by atoms with E-state index >= 15 is 0 Å². The van der Waals surface area contributed by atoms with Crippen LogP contribution in [0.5, 0.6) is 0 Å². The number of nitrogens with one attached hydrogen (secondary N) is 2. The van der Waals surface area contributed by atoms with Crippen LogP contribution >= 0.6 is 0 Å². The van der Waals surface area contributed by atoms with Crippen LogP contribution in [0, 0.1) is 5.82 Å². The summed E-state index contributed by atoms with van der Waals surface area (Å²) >= 11 is 0. The minimum absolute atomic E-state index is 0.0738. The van der Waals surface area contributed by atoms with Gasteiger partial charge in [0.1, 0.15) is 17.9 Å². The van der Waals surface area contributed by atoms with Gasteiger partial charge in [0, 0.05) is 12.1 Å². The molecule has 1 aliphatic heterocycles. The Morgan fingerprint density at radius 3 is 2.39 bits per heavy atom. The standard InChI is InChI=1S/C20H27FN4O3/c1-19(14-6-8-15(21)9-7-14)17(27)25(18(28)23-19)12-16(26)22-13-20(24(2)3)10-4-5-11-20/h6-9H,4-5,10-13H2,1-3H3,(H,22,26)(H,23,28). The van der Waals surface area contributed by atoms with Crippen LogP contribution < -0.4 is 10.6 Å². The van der Waals surface area contributed by atoms with Crippen LogP contribution in [0.3, 0.4) is 0 Å². The van der Waals surface area contributed by atoms with E-state index in [0.717, 1.165) is 30.6 Å². The lowest BCUT2D eigenvalue weighted by atomic mass is 9.92. The first-order valence-corrected chi connectivity index (χ1v) is 9.52. The van der Waals surface area contributed by atoms with E-state index in [2.05, 4.69) is 15.5 Å². The molecule has 1 saturated heterocycles. The van der Waals surface area contributed by atoms with Crippen LogP contribution in [-0.4, -0.2) is 60.4 Å². The molecule has 2 N–H and O–H groups in total. The van der Waals surface area contributed by atoms with Gasteiger partial charge >= 0.3 is 6.03 Å². The molecule has 1 aliphatic carbocycles. The third-order valence-electron chi connectivity index (χ3n) is 6.10. The molecule has 7 nitrogen and oxygen atoms in total. The number of carbonyl (C=O) groups excluding carboxylic acids is 3. The first-order chi connectivity index (χ1) is 13.2. The zero-order chi connectivity index (χ0) is 20.5. The van der Waals surface area contributed by atoms with Crippen LogP contribution in [-0.2, 0) is 15.1 Å². The van der Waals surface area contributed by atoms with Gasteiger partial charge in [-0.05, 0) is 51.6 Å². The zero-order valence-electron chi connectivity index (χ0n) is 16.5. The van der Waals surface area contributed by atoms with Crippen molar-refractivity contribution >= 4 is 17.8 Å². The molecule has 2 aliphatic rings. The summed E-state index contributed by atoms with van der Waals surface area (Å²) in [5.41, 5.74) is -0.926. The number of halogens is 1. The monoisotopic (exact) mass is 390 g/mol. The van der Waals surface area contributed by atoms with Gasteiger partial charge in [-0.2, -0.15) is 0 Å². The maximum atomic E-state index is 13.2. The second-order valence-electron chi connectivity index (χ2n) is 8.06. The highest BCUT2D eigenvalue weighted by atomic mass is 19.1. The van der Waals surface area contributed by atoms with E-state index in [1.807, 2.05) is 14.1 Å². The van der Waals surface area contributed by atoms with Gasteiger partial charge in [-0.1, -0.05) is 25.0 Å². The van der Waals surface area contributed by atoms with Crippen molar-refractivity contribution in [2.75, 3.05) is 27.2 Å². The number of likely N-dealkylation sites (N-methyl/N-ethyl adjacent to an activating group) is 1. The predicted octanol–water partition coefficient (Wildman–Crippen LogP) is 1.58. The topological polar surface area (TPSA) is 81.8 Å². The summed E-state index contributed by atoms with van der Waals surface area (Å²) in [5.74, 6) is -1.33. The van der Waals surface area contributed by atoms with Gasteiger partial charge in [-0.25, -0.2) is 9.18 Å². The summed E-state index contributed by atoms with van der Waals surface area (Å²) in [6, 6.07) is 4.75. The van der Waals surface area contributed by atoms with E-state index in [1.165, 1.54) is 24.3 Å². The van der Waals surface area contributed by atoms with E-state index in [9.17, 15) is 18.8 Å². The summed E-state index contributed by atoms with van der Waals surface area (Å²) < 4.78 is 13.2. The van der Waals surface area contributed by atoms with Gasteiger partial charge in [0.2, 0.25) is 5.91 Å². The van der Waals surface area contributed by atoms with Crippen LogP contribution in [0.25, 0.3) is 0 Å². The number of urea groups is 1. The number of imide groups is 1. The second-order valence-corrected chi connectivity index (χ2v) is 8.06. The summed E-state index contributed by atoms with van der Waals surface area (Å²) in [4.78, 5) is 40.7. The summed E-state index contributed by atoms with van der Waals surface area (Å²) in [6.07, 6.45) is 4.26. The highest BCUT2D eigenvalue weighted by Gasteiger charge is 2.49. The molecule has 3 rings (SSSR count). The number of carbonyl (C=O) groups is 3. The molecular weight excluding hydrogens is 363 g/mol. The third-order valence-corrected chi connectivity index (χ3v) is 6.10. The minimum atomic E-state index is -1.32. The van der Waals surface area contributed by atoms with Crippen LogP contribution in [0.2, 0.25) is 0 Å². The van der Waals surface area contributed by atoms with Crippen molar-refractivity contribution in [2.45, 2.75) is 43.7 Å². The molecule has 1 saturated carbocycles. The molecule has 28 heavy (non-hydrogen) atoms. The Bertz CT molecular complexity index is 774. The molecule has 2 fully saturated rings. The number of nitrogens with zero attached hydrogens (tertiary/aromatic N) is 2. The van der Waals surface area contributed by atoms with Gasteiger partial charge in [-0.15, -0.1) is 0 Å². The van der Waals surface area contributed by atoms with Crippen molar-refractivity contribution in [1.82, 2.24) is 20.4 Å². The number of rotatable bonds is 6. The summed E-state index contributed by atoms with van der Waals surface area (Å²) in [5, 5.41) is 5.51. The molecule has 1 heterocycles. The van der Waals surface area contributed by atoms with E-state index in [-0.39, 0.29) is 18.0 Å². The average Bonchev–Trinajstić information content (AvgIpc) is 3.21. The molecule has 8 heteroatoms. The molecule has 1 unspecified atom stereocenters. The summed E-state index contributed by atoms with van der Waals surface area (Å²) in [6.45, 7) is 1.70. The molecule has 0 aromatic heterocycles. The van der Waals surface area contributed by atoms with Gasteiger partial charge in [0.25, 0.3) is 5.91 Å². The molecule has 1 atom stereocenters. The molecule has 4 amide bonds. The largest absolute Gasteiger partial charge is 0.353 e. The molecule has 0 spiro atoms. The fourth-order valence-electron chi connectivity index (χ4n) is 4.10. The number of amides is 4. The van der Waals surface area contributed by atoms with Gasteiger partial charge in [0.05, 0.1) is 0 Å². The maximum Gasteiger partial charge on any atom is 0.325 e. The Kier molecular flexibility index (Phi) is 5.43. The molecule has 1 aromatic rings. The van der Waals surface area contributed by atoms with Gasteiger partial charge < -0.3 is 15.5 Å². The Balaban J connectivity index is 1.65. The van der Waals surface area contributed by atoms with Crippen molar-refractivity contribution in [3.05, 3.63) is 35.6 Å². The Morgan fingerprint density at radius 1 is 1.21 bits per heavy atom. The van der Waals surface area contributed by atoms with Crippen molar-refractivity contribution in [3.8, 4) is 0 Å². The maximum absolute atomic E-state index is 13.2. The molecule has 0 bridgehead atoms. The Hall–Kier alpha value is -2.48. The summed E-state index contributed by atoms with van der Waals surface area (Å²) in [7, 11) is 4.01. The van der Waals surface area contributed by atoms with Crippen LogP contribution in [0.1, 0.15) is 38.2 Å². The van der Waals surface area contributed by atoms with Crippen molar-refractivity contribution in [3.63, 3.8) is 0 Å². The third kappa shape index (κ3) is 3.61. The fraction of sp³-hybridized carbons (Fsp3) is 0.550. The average molecular weight is 390 g/mol. The van der Waals surface area contributed by atoms with E-state index in [1.54, 1.807) is 6.92 Å². The van der Waals surface area contributed by atoms with Crippen molar-refractivity contribution < 1.29 is 18.8 Å². The van der Waals surface area contributed by atoms with Gasteiger partial charge in [-0.3, -0.25) is 14.5 Å². The lowest BCUT2D eigenvalue weighted by Crippen LogP contribution is -2.52. The van der Waals surface area contributed by atoms with Crippen molar-refractivity contribution in [1.29, 1.82) is 0 Å². The molecule has 0 radical (unpaired) electrons. The van der Waals surface area contributed by atoms with E-state index in [0.29, 0.717) is 12.1 Å². The Labute approximate surface area is 164 Å². The fourth-order valence-corrected chi connectivity index (χ4v) is 4.10. The second kappa shape index (κ2) is 7.50. The van der Waals surface area contributed by atoms with Crippen LogP contribution in [0.15, 0.2) is 24.3 Å². The first-order valence-electron chi connectivity index (χ1n) is 9.52. The highest BCUT2D eigenvalue weighted by Crippen LogP contribution is 2.33. The SMILES string of the molecule is CN(C)C1(CNC(=O)CN2C(=O)NC(C)(c3ccc(F)cc3)C2=O)CCCC1. The van der Waals surface area contributed by atoms with Crippen LogP contribution in [0.4, 0.5) is 9.18 Å². The highest BCUT2D eigenvalue weighted by molar-refractivity contribution is 6.09. The smallest absolute Gasteiger partial charge is 0.325 e. The molecule has 152 valence electrons. The molecular formula is C20H27FN4O3. The zero-order valence-corrected chi connectivity index (χ0v) is 16.5. The number of hydrogen-bond donors (Lipinski definition) is 2. The number of benzene rings is 1. The predicted molar refractivity (Wildman–Crippen MR) is 102 cm³/mol.